The minimum Gasteiger partial charge on any atom is -0.490 e. The van der Waals surface area contributed by atoms with E-state index in [2.05, 4.69) is 4.98 Å². The summed E-state index contributed by atoms with van der Waals surface area (Å²) >= 11 is 0. The lowest BCUT2D eigenvalue weighted by molar-refractivity contribution is 0.214. The van der Waals surface area contributed by atoms with E-state index in [9.17, 15) is 9.50 Å². The third kappa shape index (κ3) is 2.58. The summed E-state index contributed by atoms with van der Waals surface area (Å²) in [6.07, 6.45) is 0.987. The van der Waals surface area contributed by atoms with E-state index in [0.717, 1.165) is 12.6 Å². The van der Waals surface area contributed by atoms with Gasteiger partial charge < -0.3 is 14.6 Å². The van der Waals surface area contributed by atoms with Gasteiger partial charge in [0.05, 0.1) is 25.1 Å². The molecule has 0 aliphatic carbocycles. The first-order valence-corrected chi connectivity index (χ1v) is 6.43. The van der Waals surface area contributed by atoms with Gasteiger partial charge in [-0.3, -0.25) is 4.98 Å². The molecule has 0 saturated carbocycles. The van der Waals surface area contributed by atoms with Gasteiger partial charge in [0.2, 0.25) is 0 Å². The lowest BCUT2D eigenvalue weighted by Crippen LogP contribution is -2.03. The fourth-order valence-corrected chi connectivity index (χ4v) is 2.07. The normalized spacial score (nSPS) is 15.5. The first kappa shape index (κ1) is 12.9. The summed E-state index contributed by atoms with van der Waals surface area (Å²) in [7, 11) is 0. The molecule has 1 N–H and O–H groups in total. The van der Waals surface area contributed by atoms with Crippen LogP contribution in [0.1, 0.15) is 23.8 Å². The van der Waals surface area contributed by atoms with Crippen LogP contribution in [0.25, 0.3) is 0 Å². The molecule has 0 amide bonds. The predicted octanol–water partition coefficient (Wildman–Crippen LogP) is 2.46. The molecule has 20 heavy (non-hydrogen) atoms. The predicted molar refractivity (Wildman–Crippen MR) is 70.3 cm³/mol. The van der Waals surface area contributed by atoms with Gasteiger partial charge in [-0.25, -0.2) is 4.39 Å². The lowest BCUT2D eigenvalue weighted by Gasteiger charge is -2.13. The van der Waals surface area contributed by atoms with Gasteiger partial charge in [0.15, 0.2) is 11.5 Å². The third-order valence-corrected chi connectivity index (χ3v) is 3.12. The summed E-state index contributed by atoms with van der Waals surface area (Å²) in [4.78, 5) is 3.89. The minimum atomic E-state index is -0.923. The standard InChI is InChI=1S/C15H14FNO3/c16-11-3-4-12(17-9-11)15(18)10-2-5-13-14(8-10)20-7-1-6-19-13/h2-5,8-9,15,18H,1,6-7H2. The number of hydrogen-bond acceptors (Lipinski definition) is 4. The fourth-order valence-electron chi connectivity index (χ4n) is 2.07. The van der Waals surface area contributed by atoms with Crippen molar-refractivity contribution in [1.29, 1.82) is 0 Å². The molecule has 1 aromatic heterocycles. The highest BCUT2D eigenvalue weighted by Crippen LogP contribution is 2.33. The zero-order valence-electron chi connectivity index (χ0n) is 10.8. The molecule has 1 atom stereocenters. The molecule has 5 heteroatoms. The molecule has 2 heterocycles. The summed E-state index contributed by atoms with van der Waals surface area (Å²) in [5.74, 6) is 0.853. The van der Waals surface area contributed by atoms with Crippen molar-refractivity contribution in [3.05, 3.63) is 53.6 Å². The number of pyridine rings is 1. The van der Waals surface area contributed by atoms with E-state index in [4.69, 9.17) is 9.47 Å². The van der Waals surface area contributed by atoms with E-state index in [1.165, 1.54) is 12.1 Å². The second kappa shape index (κ2) is 5.46. The smallest absolute Gasteiger partial charge is 0.161 e. The van der Waals surface area contributed by atoms with E-state index in [0.29, 0.717) is 36.0 Å². The highest BCUT2D eigenvalue weighted by Gasteiger charge is 2.16. The summed E-state index contributed by atoms with van der Waals surface area (Å²) in [6, 6.07) is 7.99. The number of hydrogen-bond donors (Lipinski definition) is 1. The van der Waals surface area contributed by atoms with Crippen LogP contribution in [0.15, 0.2) is 36.5 Å². The summed E-state index contributed by atoms with van der Waals surface area (Å²) < 4.78 is 24.0. The van der Waals surface area contributed by atoms with Gasteiger partial charge in [-0.05, 0) is 29.8 Å². The monoisotopic (exact) mass is 275 g/mol. The highest BCUT2D eigenvalue weighted by molar-refractivity contribution is 5.45. The van der Waals surface area contributed by atoms with Crippen LogP contribution < -0.4 is 9.47 Å². The number of benzene rings is 1. The van der Waals surface area contributed by atoms with Gasteiger partial charge in [-0.2, -0.15) is 0 Å². The van der Waals surface area contributed by atoms with Gasteiger partial charge >= 0.3 is 0 Å². The van der Waals surface area contributed by atoms with Crippen molar-refractivity contribution in [1.82, 2.24) is 4.98 Å². The summed E-state index contributed by atoms with van der Waals surface area (Å²) in [6.45, 7) is 1.20. The van der Waals surface area contributed by atoms with E-state index in [1.54, 1.807) is 18.2 Å². The van der Waals surface area contributed by atoms with Crippen molar-refractivity contribution in [2.45, 2.75) is 12.5 Å². The molecular weight excluding hydrogens is 261 g/mol. The number of rotatable bonds is 2. The van der Waals surface area contributed by atoms with E-state index in [1.807, 2.05) is 0 Å². The van der Waals surface area contributed by atoms with Crippen LogP contribution in [0.4, 0.5) is 4.39 Å². The van der Waals surface area contributed by atoms with Crippen LogP contribution in [0, 0.1) is 5.82 Å². The van der Waals surface area contributed by atoms with Crippen LogP contribution in [-0.4, -0.2) is 23.3 Å². The second-order valence-corrected chi connectivity index (χ2v) is 4.56. The van der Waals surface area contributed by atoms with Crippen molar-refractivity contribution in [2.24, 2.45) is 0 Å². The van der Waals surface area contributed by atoms with Crippen LogP contribution in [-0.2, 0) is 0 Å². The van der Waals surface area contributed by atoms with Crippen LogP contribution >= 0.6 is 0 Å². The number of aromatic nitrogens is 1. The summed E-state index contributed by atoms with van der Waals surface area (Å²) in [5.41, 5.74) is 1.02. The first-order valence-electron chi connectivity index (χ1n) is 6.43. The Balaban J connectivity index is 1.90. The number of fused-ring (bicyclic) bond motifs is 1. The summed E-state index contributed by atoms with van der Waals surface area (Å²) in [5, 5.41) is 10.3. The Labute approximate surface area is 115 Å². The van der Waals surface area contributed by atoms with Gasteiger partial charge in [0.1, 0.15) is 11.9 Å². The topological polar surface area (TPSA) is 51.6 Å². The number of aliphatic hydroxyl groups is 1. The molecule has 2 aromatic rings. The fraction of sp³-hybridized carbons (Fsp3) is 0.267. The molecule has 0 spiro atoms. The van der Waals surface area contributed by atoms with Gasteiger partial charge in [-0.1, -0.05) is 6.07 Å². The van der Waals surface area contributed by atoms with Gasteiger partial charge in [0.25, 0.3) is 0 Å². The van der Waals surface area contributed by atoms with Gasteiger partial charge in [0, 0.05) is 6.42 Å². The molecule has 3 rings (SSSR count). The van der Waals surface area contributed by atoms with Crippen LogP contribution in [0.2, 0.25) is 0 Å². The molecule has 0 fully saturated rings. The van der Waals surface area contributed by atoms with E-state index >= 15 is 0 Å². The molecule has 1 aliphatic heterocycles. The van der Waals surface area contributed by atoms with Crippen molar-refractivity contribution >= 4 is 0 Å². The van der Waals surface area contributed by atoms with Crippen LogP contribution in [0.3, 0.4) is 0 Å². The third-order valence-electron chi connectivity index (χ3n) is 3.12. The van der Waals surface area contributed by atoms with E-state index in [-0.39, 0.29) is 0 Å². The van der Waals surface area contributed by atoms with Crippen molar-refractivity contribution in [2.75, 3.05) is 13.2 Å². The quantitative estimate of drug-likeness (QED) is 0.914. The average molecular weight is 275 g/mol. The Morgan fingerprint density at radius 2 is 1.90 bits per heavy atom. The first-order chi connectivity index (χ1) is 9.74. The molecule has 104 valence electrons. The molecule has 0 bridgehead atoms. The number of nitrogens with zero attached hydrogens (tertiary/aromatic N) is 1. The highest BCUT2D eigenvalue weighted by atomic mass is 19.1. The van der Waals surface area contributed by atoms with E-state index < -0.39 is 11.9 Å². The SMILES string of the molecule is OC(c1ccc2c(c1)OCCCO2)c1ccc(F)cn1. The van der Waals surface area contributed by atoms with Crippen LogP contribution in [0.5, 0.6) is 11.5 Å². The number of aliphatic hydroxyl groups excluding tert-OH is 1. The Hall–Kier alpha value is -2.14. The molecule has 1 unspecified atom stereocenters. The number of ether oxygens (including phenoxy) is 2. The molecule has 0 radical (unpaired) electrons. The van der Waals surface area contributed by atoms with Crippen molar-refractivity contribution in [3.63, 3.8) is 0 Å². The largest absolute Gasteiger partial charge is 0.490 e. The molecule has 1 aromatic carbocycles. The molecule has 4 nitrogen and oxygen atoms in total. The maximum absolute atomic E-state index is 12.8. The van der Waals surface area contributed by atoms with Crippen molar-refractivity contribution < 1.29 is 19.0 Å². The maximum atomic E-state index is 12.8. The van der Waals surface area contributed by atoms with Crippen molar-refractivity contribution in [3.8, 4) is 11.5 Å². The Morgan fingerprint density at radius 1 is 1.10 bits per heavy atom. The van der Waals surface area contributed by atoms with Gasteiger partial charge in [-0.15, -0.1) is 0 Å². The molecule has 0 saturated heterocycles. The molecular formula is C15H14FNO3. The Morgan fingerprint density at radius 3 is 2.65 bits per heavy atom. The average Bonchev–Trinajstić information content (AvgIpc) is 2.71. The zero-order valence-corrected chi connectivity index (χ0v) is 10.8. The minimum absolute atomic E-state index is 0.390. The lowest BCUT2D eigenvalue weighted by atomic mass is 10.1. The Kier molecular flexibility index (Phi) is 3.52. The Bertz CT molecular complexity index is 601. The zero-order chi connectivity index (χ0) is 13.9. The molecule has 1 aliphatic rings. The second-order valence-electron chi connectivity index (χ2n) is 4.56. The number of halogens is 1. The maximum Gasteiger partial charge on any atom is 0.161 e.